The van der Waals surface area contributed by atoms with Gasteiger partial charge in [0, 0.05) is 11.6 Å². The minimum atomic E-state index is -1.29. The predicted octanol–water partition coefficient (Wildman–Crippen LogP) is 5.28. The summed E-state index contributed by atoms with van der Waals surface area (Å²) < 4.78 is 33.7. The molecule has 0 fully saturated rings. The van der Waals surface area contributed by atoms with Crippen molar-refractivity contribution in [2.45, 2.75) is 38.9 Å². The van der Waals surface area contributed by atoms with E-state index in [-0.39, 0.29) is 44.2 Å². The lowest BCUT2D eigenvalue weighted by atomic mass is 10.0. The number of rotatable bonds is 23. The van der Waals surface area contributed by atoms with Crippen molar-refractivity contribution in [1.29, 1.82) is 0 Å². The Bertz CT molecular complexity index is 1390. The first-order chi connectivity index (χ1) is 22.8. The SMILES string of the molecule is C=C(CO)C(=O)OCCOc1cc(OCCOC(O)C(=C)CO)cc(-c2ccc(OCCOc3ccc(CCCCC)cc3)cc2)c1. The quantitative estimate of drug-likeness (QED) is 0.0410. The Labute approximate surface area is 276 Å². The molecule has 1 atom stereocenters. The fourth-order valence-corrected chi connectivity index (χ4v) is 4.27. The van der Waals surface area contributed by atoms with E-state index in [9.17, 15) is 9.90 Å². The van der Waals surface area contributed by atoms with Gasteiger partial charge in [-0.15, -0.1) is 0 Å². The van der Waals surface area contributed by atoms with Gasteiger partial charge in [0.1, 0.15) is 56.0 Å². The molecule has 0 aromatic heterocycles. The van der Waals surface area contributed by atoms with Crippen LogP contribution in [0.5, 0.6) is 23.0 Å². The molecule has 47 heavy (non-hydrogen) atoms. The Morgan fingerprint density at radius 1 is 0.681 bits per heavy atom. The van der Waals surface area contributed by atoms with Gasteiger partial charge in [0.25, 0.3) is 0 Å². The van der Waals surface area contributed by atoms with Crippen LogP contribution in [0.2, 0.25) is 0 Å². The third kappa shape index (κ3) is 13.5. The summed E-state index contributed by atoms with van der Waals surface area (Å²) in [6.45, 7) is 9.27. The van der Waals surface area contributed by atoms with Gasteiger partial charge >= 0.3 is 5.97 Å². The lowest BCUT2D eigenvalue weighted by Crippen LogP contribution is -2.20. The first-order valence-corrected chi connectivity index (χ1v) is 15.7. The van der Waals surface area contributed by atoms with Crippen molar-refractivity contribution in [2.24, 2.45) is 0 Å². The van der Waals surface area contributed by atoms with E-state index in [1.54, 1.807) is 6.07 Å². The molecule has 3 N–H and O–H groups in total. The van der Waals surface area contributed by atoms with Crippen LogP contribution in [0.4, 0.5) is 0 Å². The zero-order valence-electron chi connectivity index (χ0n) is 27.0. The summed E-state index contributed by atoms with van der Waals surface area (Å²) >= 11 is 0. The highest BCUT2D eigenvalue weighted by molar-refractivity contribution is 5.87. The fourth-order valence-electron chi connectivity index (χ4n) is 4.27. The summed E-state index contributed by atoms with van der Waals surface area (Å²) in [5.74, 6) is 1.76. The van der Waals surface area contributed by atoms with Crippen LogP contribution in [0.15, 0.2) is 91.0 Å². The number of aliphatic hydroxyl groups excluding tert-OH is 3. The molecule has 10 nitrogen and oxygen atoms in total. The molecule has 0 heterocycles. The maximum Gasteiger partial charge on any atom is 0.335 e. The number of aliphatic hydroxyl groups is 3. The van der Waals surface area contributed by atoms with Crippen molar-refractivity contribution < 1.29 is 48.5 Å². The van der Waals surface area contributed by atoms with Crippen LogP contribution in [-0.2, 0) is 20.7 Å². The number of esters is 1. The van der Waals surface area contributed by atoms with Crippen molar-refractivity contribution >= 4 is 5.97 Å². The van der Waals surface area contributed by atoms with E-state index in [0.29, 0.717) is 30.5 Å². The van der Waals surface area contributed by atoms with E-state index in [1.165, 1.54) is 24.8 Å². The molecule has 0 amide bonds. The van der Waals surface area contributed by atoms with Crippen LogP contribution in [0, 0.1) is 0 Å². The van der Waals surface area contributed by atoms with Gasteiger partial charge in [-0.05, 0) is 65.9 Å². The Hall–Kier alpha value is -4.35. The van der Waals surface area contributed by atoms with E-state index in [1.807, 2.05) is 48.5 Å². The topological polar surface area (TPSA) is 133 Å². The summed E-state index contributed by atoms with van der Waals surface area (Å²) in [5, 5.41) is 27.9. The highest BCUT2D eigenvalue weighted by atomic mass is 16.6. The summed E-state index contributed by atoms with van der Waals surface area (Å²) in [6.07, 6.45) is 3.44. The van der Waals surface area contributed by atoms with E-state index in [4.69, 9.17) is 38.6 Å². The summed E-state index contributed by atoms with van der Waals surface area (Å²) in [4.78, 5) is 11.7. The zero-order chi connectivity index (χ0) is 33.9. The van der Waals surface area contributed by atoms with E-state index >= 15 is 0 Å². The Kier molecular flexibility index (Phi) is 16.4. The molecule has 1 unspecified atom stereocenters. The maximum absolute atomic E-state index is 11.7. The minimum absolute atomic E-state index is 0.0414. The lowest BCUT2D eigenvalue weighted by Gasteiger charge is -2.15. The second kappa shape index (κ2) is 20.7. The standard InChI is InChI=1S/C37H46O10/c1-4-5-6-7-29-8-12-32(13-9-29)42-16-17-43-33-14-10-30(11-15-33)31-22-34(44-18-20-46-36(40)27(2)25-38)24-35(23-31)45-19-21-47-37(41)28(3)26-39/h8-15,22-24,36,38-40H,2-7,16-21,25-26H2,1H3. The number of hydrogen-bond acceptors (Lipinski definition) is 10. The molecule has 10 heteroatoms. The van der Waals surface area contributed by atoms with Crippen LogP contribution in [0.1, 0.15) is 31.7 Å². The van der Waals surface area contributed by atoms with E-state index in [0.717, 1.165) is 23.3 Å². The Morgan fingerprint density at radius 2 is 1.23 bits per heavy atom. The third-order valence-electron chi connectivity index (χ3n) is 6.93. The zero-order valence-corrected chi connectivity index (χ0v) is 27.0. The molecule has 0 aliphatic rings. The molecule has 3 aromatic carbocycles. The third-order valence-corrected chi connectivity index (χ3v) is 6.93. The number of hydrogen-bond donors (Lipinski definition) is 3. The van der Waals surface area contributed by atoms with Gasteiger partial charge in [-0.1, -0.05) is 57.2 Å². The smallest absolute Gasteiger partial charge is 0.335 e. The van der Waals surface area contributed by atoms with Gasteiger partial charge in [0.2, 0.25) is 0 Å². The number of benzene rings is 3. The average molecular weight is 651 g/mol. The lowest BCUT2D eigenvalue weighted by molar-refractivity contribution is -0.140. The van der Waals surface area contributed by atoms with E-state index < -0.39 is 18.9 Å². The molecule has 254 valence electrons. The minimum Gasteiger partial charge on any atom is -0.491 e. The van der Waals surface area contributed by atoms with Crippen molar-refractivity contribution in [1.82, 2.24) is 0 Å². The van der Waals surface area contributed by atoms with E-state index in [2.05, 4.69) is 32.2 Å². The Balaban J connectivity index is 1.56. The number of ether oxygens (including phenoxy) is 6. The second-order valence-corrected chi connectivity index (χ2v) is 10.6. The summed E-state index contributed by atoms with van der Waals surface area (Å²) in [5.41, 5.74) is 3.10. The van der Waals surface area contributed by atoms with Gasteiger partial charge in [0.15, 0.2) is 6.29 Å². The van der Waals surface area contributed by atoms with Gasteiger partial charge in [-0.2, -0.15) is 0 Å². The first-order valence-electron chi connectivity index (χ1n) is 15.7. The molecule has 0 aliphatic heterocycles. The maximum atomic E-state index is 11.7. The molecular weight excluding hydrogens is 604 g/mol. The molecule has 3 aromatic rings. The van der Waals surface area contributed by atoms with Gasteiger partial charge in [-0.3, -0.25) is 0 Å². The van der Waals surface area contributed by atoms with Crippen molar-refractivity contribution in [2.75, 3.05) is 52.9 Å². The normalized spacial score (nSPS) is 11.4. The van der Waals surface area contributed by atoms with Crippen molar-refractivity contribution in [3.05, 3.63) is 96.6 Å². The average Bonchev–Trinajstić information content (AvgIpc) is 3.10. The Morgan fingerprint density at radius 3 is 1.81 bits per heavy atom. The van der Waals surface area contributed by atoms with Crippen molar-refractivity contribution in [3.63, 3.8) is 0 Å². The second-order valence-electron chi connectivity index (χ2n) is 10.6. The molecule has 0 saturated heterocycles. The van der Waals surface area contributed by atoms with Gasteiger partial charge < -0.3 is 43.7 Å². The largest absolute Gasteiger partial charge is 0.491 e. The number of carbonyl (C=O) groups is 1. The molecular formula is C37H46O10. The van der Waals surface area contributed by atoms with Crippen LogP contribution in [0.25, 0.3) is 11.1 Å². The summed E-state index contributed by atoms with van der Waals surface area (Å²) in [6, 6.07) is 21.1. The van der Waals surface area contributed by atoms with Crippen LogP contribution in [0.3, 0.4) is 0 Å². The molecule has 0 bridgehead atoms. The summed E-state index contributed by atoms with van der Waals surface area (Å²) in [7, 11) is 0. The van der Waals surface area contributed by atoms with Gasteiger partial charge in [0.05, 0.1) is 25.4 Å². The fraction of sp³-hybridized carbons (Fsp3) is 0.378. The molecule has 3 rings (SSSR count). The highest BCUT2D eigenvalue weighted by Crippen LogP contribution is 2.31. The molecule has 0 spiro atoms. The molecule has 0 aliphatic carbocycles. The number of carbonyl (C=O) groups excluding carboxylic acids is 1. The van der Waals surface area contributed by atoms with Crippen LogP contribution < -0.4 is 18.9 Å². The van der Waals surface area contributed by atoms with Crippen LogP contribution in [-0.4, -0.2) is 80.4 Å². The number of unbranched alkanes of at least 4 members (excludes halogenated alkanes) is 2. The highest BCUT2D eigenvalue weighted by Gasteiger charge is 2.11. The predicted molar refractivity (Wildman–Crippen MR) is 179 cm³/mol. The molecule has 0 saturated carbocycles. The van der Waals surface area contributed by atoms with Crippen molar-refractivity contribution in [3.8, 4) is 34.1 Å². The molecule has 0 radical (unpaired) electrons. The van der Waals surface area contributed by atoms with Gasteiger partial charge in [-0.25, -0.2) is 4.79 Å². The number of aryl methyl sites for hydroxylation is 1. The van der Waals surface area contributed by atoms with Crippen LogP contribution >= 0.6 is 0 Å². The first kappa shape index (κ1) is 37.1. The monoisotopic (exact) mass is 650 g/mol.